The van der Waals surface area contributed by atoms with Gasteiger partial charge in [0.25, 0.3) is 0 Å². The van der Waals surface area contributed by atoms with Crippen LogP contribution < -0.4 is 5.32 Å². The second-order valence-electron chi connectivity index (χ2n) is 6.47. The number of carbonyl (C=O) groups is 2. The van der Waals surface area contributed by atoms with Gasteiger partial charge in [0.05, 0.1) is 6.04 Å². The van der Waals surface area contributed by atoms with E-state index in [4.69, 9.17) is 0 Å². The Morgan fingerprint density at radius 3 is 2.64 bits per heavy atom. The molecule has 0 bridgehead atoms. The molecule has 1 aromatic carbocycles. The van der Waals surface area contributed by atoms with E-state index < -0.39 is 0 Å². The highest BCUT2D eigenvalue weighted by molar-refractivity contribution is 5.88. The summed E-state index contributed by atoms with van der Waals surface area (Å²) in [6.07, 6.45) is 1.43. The van der Waals surface area contributed by atoms with Gasteiger partial charge in [-0.25, -0.2) is 14.5 Å². The highest BCUT2D eigenvalue weighted by Crippen LogP contribution is 2.38. The zero-order chi connectivity index (χ0) is 18.0. The summed E-state index contributed by atoms with van der Waals surface area (Å²) in [5, 5.41) is 6.84. The van der Waals surface area contributed by atoms with Crippen LogP contribution in [0.25, 0.3) is 0 Å². The first kappa shape index (κ1) is 16.9. The molecule has 1 saturated heterocycles. The summed E-state index contributed by atoms with van der Waals surface area (Å²) in [7, 11) is 3.35. The number of likely N-dealkylation sites (tertiary alicyclic amines) is 1. The van der Waals surface area contributed by atoms with Gasteiger partial charge in [0, 0.05) is 20.6 Å². The fourth-order valence-corrected chi connectivity index (χ4v) is 2.94. The fraction of sp³-hybridized carbons (Fsp3) is 0.412. The molecule has 1 fully saturated rings. The molecule has 3 amide bonds. The van der Waals surface area contributed by atoms with E-state index in [-0.39, 0.29) is 30.5 Å². The standard InChI is InChI=1S/C17H22N6O2/c1-12-9-23(15(12)13-7-5-4-6-8-13)17(25)19-16-18-11-22(20-16)10-14(24)21(2)3/h4-8,11-12,15H,9-10H2,1-3H3,(H,19,20,25)/t12-,15-/m1/s1. The molecule has 0 unspecified atom stereocenters. The van der Waals surface area contributed by atoms with Crippen LogP contribution >= 0.6 is 0 Å². The molecule has 25 heavy (non-hydrogen) atoms. The number of amides is 3. The minimum Gasteiger partial charge on any atom is -0.347 e. The van der Waals surface area contributed by atoms with Crippen LogP contribution in [0.2, 0.25) is 0 Å². The molecule has 0 saturated carbocycles. The number of aromatic nitrogens is 3. The second kappa shape index (κ2) is 6.92. The lowest BCUT2D eigenvalue weighted by Crippen LogP contribution is -2.53. The maximum atomic E-state index is 12.5. The van der Waals surface area contributed by atoms with Gasteiger partial charge in [-0.15, -0.1) is 5.10 Å². The molecule has 2 heterocycles. The first-order valence-electron chi connectivity index (χ1n) is 8.18. The Kier molecular flexibility index (Phi) is 4.69. The smallest absolute Gasteiger partial charge is 0.324 e. The summed E-state index contributed by atoms with van der Waals surface area (Å²) in [5.41, 5.74) is 1.12. The average molecular weight is 342 g/mol. The minimum atomic E-state index is -0.233. The lowest BCUT2D eigenvalue weighted by molar-refractivity contribution is -0.129. The van der Waals surface area contributed by atoms with Gasteiger partial charge in [-0.2, -0.15) is 0 Å². The van der Waals surface area contributed by atoms with Gasteiger partial charge in [0.15, 0.2) is 0 Å². The van der Waals surface area contributed by atoms with Crippen molar-refractivity contribution in [2.75, 3.05) is 26.0 Å². The van der Waals surface area contributed by atoms with Crippen LogP contribution in [0.3, 0.4) is 0 Å². The van der Waals surface area contributed by atoms with Gasteiger partial charge < -0.3 is 9.80 Å². The maximum Gasteiger partial charge on any atom is 0.324 e. The molecule has 2 aromatic rings. The number of nitrogens with zero attached hydrogens (tertiary/aromatic N) is 5. The highest BCUT2D eigenvalue weighted by Gasteiger charge is 2.40. The Morgan fingerprint density at radius 1 is 1.28 bits per heavy atom. The number of urea groups is 1. The second-order valence-corrected chi connectivity index (χ2v) is 6.47. The van der Waals surface area contributed by atoms with Crippen molar-refractivity contribution in [2.45, 2.75) is 19.5 Å². The fourth-order valence-electron chi connectivity index (χ4n) is 2.94. The molecule has 8 heteroatoms. The van der Waals surface area contributed by atoms with Crippen LogP contribution in [0.5, 0.6) is 0 Å². The van der Waals surface area contributed by atoms with Gasteiger partial charge in [-0.05, 0) is 11.5 Å². The lowest BCUT2D eigenvalue weighted by atomic mass is 9.85. The molecular formula is C17H22N6O2. The van der Waals surface area contributed by atoms with Crippen LogP contribution in [0.4, 0.5) is 10.7 Å². The third kappa shape index (κ3) is 3.62. The van der Waals surface area contributed by atoms with Crippen molar-refractivity contribution in [1.29, 1.82) is 0 Å². The molecule has 0 aliphatic carbocycles. The van der Waals surface area contributed by atoms with Crippen LogP contribution in [-0.2, 0) is 11.3 Å². The topological polar surface area (TPSA) is 83.4 Å². The summed E-state index contributed by atoms with van der Waals surface area (Å²) in [4.78, 5) is 31.5. The number of carbonyl (C=O) groups excluding carboxylic acids is 2. The van der Waals surface area contributed by atoms with E-state index in [2.05, 4.69) is 22.3 Å². The van der Waals surface area contributed by atoms with E-state index in [1.165, 1.54) is 15.9 Å². The van der Waals surface area contributed by atoms with Crippen molar-refractivity contribution >= 4 is 17.9 Å². The van der Waals surface area contributed by atoms with Crippen LogP contribution in [-0.4, -0.2) is 57.1 Å². The predicted octanol–water partition coefficient (Wildman–Crippen LogP) is 1.59. The molecule has 1 aliphatic heterocycles. The Hall–Kier alpha value is -2.90. The number of hydrogen-bond acceptors (Lipinski definition) is 4. The van der Waals surface area contributed by atoms with E-state index >= 15 is 0 Å². The Labute approximate surface area is 146 Å². The Bertz CT molecular complexity index is 758. The molecule has 1 aromatic heterocycles. The van der Waals surface area contributed by atoms with E-state index in [1.807, 2.05) is 30.3 Å². The maximum absolute atomic E-state index is 12.5. The molecule has 1 aliphatic rings. The van der Waals surface area contributed by atoms with E-state index in [9.17, 15) is 9.59 Å². The predicted molar refractivity (Wildman–Crippen MR) is 92.8 cm³/mol. The number of benzene rings is 1. The zero-order valence-corrected chi connectivity index (χ0v) is 14.6. The summed E-state index contributed by atoms with van der Waals surface area (Å²) >= 11 is 0. The van der Waals surface area contributed by atoms with Crippen molar-refractivity contribution < 1.29 is 9.59 Å². The minimum absolute atomic E-state index is 0.0543. The molecule has 1 N–H and O–H groups in total. The molecule has 8 nitrogen and oxygen atoms in total. The molecule has 0 spiro atoms. The molecule has 0 radical (unpaired) electrons. The van der Waals surface area contributed by atoms with Crippen LogP contribution in [0.15, 0.2) is 36.7 Å². The third-order valence-electron chi connectivity index (χ3n) is 4.31. The normalized spacial score (nSPS) is 19.2. The summed E-state index contributed by atoms with van der Waals surface area (Å²) < 4.78 is 1.41. The highest BCUT2D eigenvalue weighted by atomic mass is 16.2. The number of likely N-dealkylation sites (N-methyl/N-ethyl adjacent to an activating group) is 1. The number of anilines is 1. The van der Waals surface area contributed by atoms with Gasteiger partial charge >= 0.3 is 6.03 Å². The first-order valence-corrected chi connectivity index (χ1v) is 8.18. The number of rotatable bonds is 4. The first-order chi connectivity index (χ1) is 12.0. The van der Waals surface area contributed by atoms with Crippen molar-refractivity contribution in [2.24, 2.45) is 5.92 Å². The number of hydrogen-bond donors (Lipinski definition) is 1. The molecule has 132 valence electrons. The van der Waals surface area contributed by atoms with Crippen molar-refractivity contribution in [1.82, 2.24) is 24.6 Å². The van der Waals surface area contributed by atoms with Gasteiger partial charge in [-0.3, -0.25) is 10.1 Å². The van der Waals surface area contributed by atoms with E-state index in [1.54, 1.807) is 19.0 Å². The van der Waals surface area contributed by atoms with Crippen LogP contribution in [0.1, 0.15) is 18.5 Å². The van der Waals surface area contributed by atoms with Gasteiger partial charge in [0.2, 0.25) is 11.9 Å². The van der Waals surface area contributed by atoms with Gasteiger partial charge in [-0.1, -0.05) is 37.3 Å². The largest absolute Gasteiger partial charge is 0.347 e. The molecule has 2 atom stereocenters. The zero-order valence-electron chi connectivity index (χ0n) is 14.6. The lowest BCUT2D eigenvalue weighted by Gasteiger charge is -2.46. The van der Waals surface area contributed by atoms with Crippen LogP contribution in [0, 0.1) is 5.92 Å². The Balaban J connectivity index is 1.63. The van der Waals surface area contributed by atoms with Gasteiger partial charge in [0.1, 0.15) is 12.9 Å². The van der Waals surface area contributed by atoms with E-state index in [0.717, 1.165) is 5.56 Å². The summed E-state index contributed by atoms with van der Waals surface area (Å²) in [6, 6.07) is 9.79. The van der Waals surface area contributed by atoms with Crippen molar-refractivity contribution in [3.8, 4) is 0 Å². The molecular weight excluding hydrogens is 320 g/mol. The third-order valence-corrected chi connectivity index (χ3v) is 4.31. The monoisotopic (exact) mass is 342 g/mol. The van der Waals surface area contributed by atoms with Crippen molar-refractivity contribution in [3.05, 3.63) is 42.2 Å². The molecule has 3 rings (SSSR count). The quantitative estimate of drug-likeness (QED) is 0.915. The summed E-state index contributed by atoms with van der Waals surface area (Å²) in [5.74, 6) is 0.503. The SMILES string of the molecule is C[C@@H]1CN(C(=O)Nc2ncn(CC(=O)N(C)C)n2)[C@H]1c1ccccc1. The van der Waals surface area contributed by atoms with E-state index in [0.29, 0.717) is 12.5 Å². The Morgan fingerprint density at radius 2 is 2.00 bits per heavy atom. The number of nitrogens with one attached hydrogen (secondary N) is 1. The van der Waals surface area contributed by atoms with Crippen molar-refractivity contribution in [3.63, 3.8) is 0 Å². The average Bonchev–Trinajstić information content (AvgIpc) is 3.00. The summed E-state index contributed by atoms with van der Waals surface area (Å²) in [6.45, 7) is 2.90.